The smallest absolute Gasteiger partial charge is 0.0934 e. The van der Waals surface area contributed by atoms with E-state index in [1.807, 2.05) is 53.3 Å². The SMILES string of the molecule is CC(N=C(/C=C(\N)c1ccc(-c2cccc3cccnc23)cc1)c1ccc(-c2cccc3cccnc23)cc1)c1cccc2c3ccccc3nn12. The highest BCUT2D eigenvalue weighted by Gasteiger charge is 2.15. The third-order valence-electron chi connectivity index (χ3n) is 9.72. The summed E-state index contributed by atoms with van der Waals surface area (Å²) in [5.74, 6) is 0. The van der Waals surface area contributed by atoms with E-state index >= 15 is 0 Å². The lowest BCUT2D eigenvalue weighted by Gasteiger charge is -2.14. The summed E-state index contributed by atoms with van der Waals surface area (Å²) in [6, 6.07) is 51.8. The molecular formula is C46H34N6. The van der Waals surface area contributed by atoms with Gasteiger partial charge in [0.05, 0.1) is 39.5 Å². The Bertz CT molecular complexity index is 2800. The van der Waals surface area contributed by atoms with Gasteiger partial charge in [0.2, 0.25) is 0 Å². The second-order valence-corrected chi connectivity index (χ2v) is 13.0. The number of nitrogens with two attached hydrogens (primary N) is 1. The zero-order valence-electron chi connectivity index (χ0n) is 28.6. The predicted octanol–water partition coefficient (Wildman–Crippen LogP) is 10.5. The lowest BCUT2D eigenvalue weighted by atomic mass is 9.98. The van der Waals surface area contributed by atoms with Crippen molar-refractivity contribution in [3.05, 3.63) is 187 Å². The van der Waals surface area contributed by atoms with Gasteiger partial charge in [-0.15, -0.1) is 0 Å². The molecule has 0 bridgehead atoms. The second-order valence-electron chi connectivity index (χ2n) is 13.0. The Kier molecular flexibility index (Phi) is 7.82. The Morgan fingerprint density at radius 3 is 1.85 bits per heavy atom. The molecule has 248 valence electrons. The lowest BCUT2D eigenvalue weighted by Crippen LogP contribution is -2.08. The van der Waals surface area contributed by atoms with E-state index in [-0.39, 0.29) is 6.04 Å². The van der Waals surface area contributed by atoms with Gasteiger partial charge in [0.25, 0.3) is 0 Å². The van der Waals surface area contributed by atoms with Crippen molar-refractivity contribution in [1.29, 1.82) is 0 Å². The van der Waals surface area contributed by atoms with Crippen molar-refractivity contribution in [3.8, 4) is 22.3 Å². The highest BCUT2D eigenvalue weighted by atomic mass is 15.2. The van der Waals surface area contributed by atoms with Gasteiger partial charge >= 0.3 is 0 Å². The zero-order chi connectivity index (χ0) is 35.0. The van der Waals surface area contributed by atoms with Gasteiger partial charge < -0.3 is 5.73 Å². The third-order valence-corrected chi connectivity index (χ3v) is 9.72. The molecule has 9 aromatic rings. The molecule has 4 aromatic heterocycles. The Labute approximate surface area is 301 Å². The summed E-state index contributed by atoms with van der Waals surface area (Å²) in [6.07, 6.45) is 5.66. The molecule has 9 rings (SSSR count). The van der Waals surface area contributed by atoms with Crippen LogP contribution in [-0.4, -0.2) is 25.3 Å². The number of fused-ring (bicyclic) bond motifs is 5. The molecule has 0 saturated carbocycles. The maximum absolute atomic E-state index is 6.89. The monoisotopic (exact) mass is 670 g/mol. The largest absolute Gasteiger partial charge is 0.398 e. The van der Waals surface area contributed by atoms with Crippen molar-refractivity contribution in [3.63, 3.8) is 0 Å². The lowest BCUT2D eigenvalue weighted by molar-refractivity contribution is 0.735. The van der Waals surface area contributed by atoms with E-state index in [9.17, 15) is 0 Å². The van der Waals surface area contributed by atoms with E-state index in [0.29, 0.717) is 5.70 Å². The van der Waals surface area contributed by atoms with Crippen LogP contribution in [-0.2, 0) is 0 Å². The first-order valence-electron chi connectivity index (χ1n) is 17.4. The first-order chi connectivity index (χ1) is 25.6. The van der Waals surface area contributed by atoms with Gasteiger partial charge in [-0.3, -0.25) is 15.0 Å². The fourth-order valence-electron chi connectivity index (χ4n) is 7.07. The molecule has 0 fully saturated rings. The molecule has 0 radical (unpaired) electrons. The molecule has 2 N–H and O–H groups in total. The van der Waals surface area contributed by atoms with Gasteiger partial charge in [0.1, 0.15) is 0 Å². The Hall–Kier alpha value is -6.92. The van der Waals surface area contributed by atoms with Crippen LogP contribution in [0.2, 0.25) is 0 Å². The molecule has 1 atom stereocenters. The van der Waals surface area contributed by atoms with Crippen LogP contribution < -0.4 is 5.73 Å². The van der Waals surface area contributed by atoms with Crippen molar-refractivity contribution in [2.75, 3.05) is 0 Å². The van der Waals surface area contributed by atoms with E-state index in [1.165, 1.54) is 0 Å². The van der Waals surface area contributed by atoms with Crippen LogP contribution in [0.25, 0.3) is 66.2 Å². The number of pyridine rings is 3. The standard InChI is InChI=1S/C46H34N6/c1-30(43-17-6-18-44-39-13-2-3-16-41(39)51-52(43)44)50-42(34-25-21-32(22-26-34)38-15-5-10-36-12-8-28-49-46(36)38)29-40(47)33-23-19-31(20-24-33)37-14-4-9-35-11-7-27-48-45(35)37/h2-30H,47H2,1H3/b40-29-,50-42?. The number of para-hydroxylation sites is 2. The molecule has 0 aliphatic carbocycles. The zero-order valence-corrected chi connectivity index (χ0v) is 28.6. The van der Waals surface area contributed by atoms with E-state index in [0.717, 1.165) is 83.0 Å². The molecule has 52 heavy (non-hydrogen) atoms. The molecule has 0 aliphatic rings. The number of aromatic nitrogens is 4. The van der Waals surface area contributed by atoms with Gasteiger partial charge in [-0.25, -0.2) is 4.52 Å². The Morgan fingerprint density at radius 2 is 1.19 bits per heavy atom. The third kappa shape index (κ3) is 5.66. The topological polar surface area (TPSA) is 81.5 Å². The summed E-state index contributed by atoms with van der Waals surface area (Å²) in [7, 11) is 0. The van der Waals surface area contributed by atoms with E-state index in [1.54, 1.807) is 0 Å². The van der Waals surface area contributed by atoms with Crippen molar-refractivity contribution >= 4 is 49.6 Å². The molecule has 4 heterocycles. The van der Waals surface area contributed by atoms with Gasteiger partial charge in [-0.1, -0.05) is 121 Å². The quantitative estimate of drug-likeness (QED) is 0.171. The van der Waals surface area contributed by atoms with Crippen LogP contribution in [0, 0.1) is 0 Å². The number of aliphatic imine (C=N–C) groups is 1. The average molecular weight is 671 g/mol. The molecule has 0 aliphatic heterocycles. The first kappa shape index (κ1) is 31.1. The number of benzene rings is 5. The van der Waals surface area contributed by atoms with Crippen LogP contribution in [0.4, 0.5) is 0 Å². The summed E-state index contributed by atoms with van der Waals surface area (Å²) in [6.45, 7) is 2.11. The summed E-state index contributed by atoms with van der Waals surface area (Å²) in [4.78, 5) is 14.7. The number of allylic oxidation sites excluding steroid dienone is 1. The summed E-state index contributed by atoms with van der Waals surface area (Å²) >= 11 is 0. The van der Waals surface area contributed by atoms with Gasteiger partial charge in [-0.2, -0.15) is 5.10 Å². The predicted molar refractivity (Wildman–Crippen MR) is 214 cm³/mol. The molecule has 5 aromatic carbocycles. The summed E-state index contributed by atoms with van der Waals surface area (Å²) in [5.41, 5.74) is 19.5. The first-order valence-corrected chi connectivity index (χ1v) is 17.4. The van der Waals surface area contributed by atoms with Gasteiger partial charge in [0.15, 0.2) is 0 Å². The van der Waals surface area contributed by atoms with E-state index in [4.69, 9.17) is 15.8 Å². The van der Waals surface area contributed by atoms with Crippen molar-refractivity contribution in [2.24, 2.45) is 10.7 Å². The highest BCUT2D eigenvalue weighted by molar-refractivity contribution is 6.12. The van der Waals surface area contributed by atoms with Crippen LogP contribution in [0.15, 0.2) is 175 Å². The molecule has 6 nitrogen and oxygen atoms in total. The molecule has 0 saturated heterocycles. The van der Waals surface area contributed by atoms with E-state index in [2.05, 4.69) is 138 Å². The van der Waals surface area contributed by atoms with Crippen LogP contribution in [0.3, 0.4) is 0 Å². The highest BCUT2D eigenvalue weighted by Crippen LogP contribution is 2.31. The molecular weight excluding hydrogens is 637 g/mol. The average Bonchev–Trinajstić information content (AvgIpc) is 3.59. The minimum absolute atomic E-state index is 0.222. The van der Waals surface area contributed by atoms with Crippen LogP contribution in [0.1, 0.15) is 29.8 Å². The number of nitrogens with zero attached hydrogens (tertiary/aromatic N) is 5. The molecule has 0 amide bonds. The normalized spacial score (nSPS) is 12.9. The Balaban J connectivity index is 1.12. The fraction of sp³-hybridized carbons (Fsp3) is 0.0435. The molecule has 6 heteroatoms. The summed E-state index contributed by atoms with van der Waals surface area (Å²) < 4.78 is 2.01. The van der Waals surface area contributed by atoms with E-state index < -0.39 is 0 Å². The van der Waals surface area contributed by atoms with Crippen LogP contribution in [0.5, 0.6) is 0 Å². The number of hydrogen-bond donors (Lipinski definition) is 1. The fourth-order valence-corrected chi connectivity index (χ4v) is 7.07. The second kappa shape index (κ2) is 13.1. The minimum atomic E-state index is -0.222. The van der Waals surface area contributed by atoms with Gasteiger partial charge in [0, 0.05) is 45.4 Å². The Morgan fingerprint density at radius 1 is 0.615 bits per heavy atom. The van der Waals surface area contributed by atoms with Crippen molar-refractivity contribution < 1.29 is 0 Å². The van der Waals surface area contributed by atoms with Crippen LogP contribution >= 0.6 is 0 Å². The maximum atomic E-state index is 6.89. The maximum Gasteiger partial charge on any atom is 0.0934 e. The van der Waals surface area contributed by atoms with Crippen molar-refractivity contribution in [2.45, 2.75) is 13.0 Å². The van der Waals surface area contributed by atoms with Crippen molar-refractivity contribution in [1.82, 2.24) is 19.6 Å². The minimum Gasteiger partial charge on any atom is -0.398 e. The molecule has 0 spiro atoms. The van der Waals surface area contributed by atoms with Gasteiger partial charge in [-0.05, 0) is 65.6 Å². The number of hydrogen-bond acceptors (Lipinski definition) is 5. The molecule has 1 unspecified atom stereocenters. The number of rotatable bonds is 7. The summed E-state index contributed by atoms with van der Waals surface area (Å²) in [5, 5.41) is 8.28.